The fraction of sp³-hybridized carbons (Fsp3) is 0.917. The van der Waals surface area contributed by atoms with E-state index in [0.717, 1.165) is 45.6 Å². The Labute approximate surface area is 98.8 Å². The van der Waals surface area contributed by atoms with E-state index in [-0.39, 0.29) is 11.9 Å². The second-order valence-electron chi connectivity index (χ2n) is 4.37. The summed E-state index contributed by atoms with van der Waals surface area (Å²) >= 11 is 0. The van der Waals surface area contributed by atoms with Crippen LogP contribution in [0.1, 0.15) is 33.1 Å². The predicted molar refractivity (Wildman–Crippen MR) is 66.4 cm³/mol. The maximum absolute atomic E-state index is 11.7. The molecule has 0 spiro atoms. The number of nitrogens with zero attached hydrogens (tertiary/aromatic N) is 1. The summed E-state index contributed by atoms with van der Waals surface area (Å²) in [5.74, 6) is 0.171. The van der Waals surface area contributed by atoms with Crippen molar-refractivity contribution in [2.24, 2.45) is 0 Å². The van der Waals surface area contributed by atoms with Crippen LogP contribution in [0.4, 0.5) is 0 Å². The molecule has 0 radical (unpaired) electrons. The van der Waals surface area contributed by atoms with Crippen LogP contribution in [0.25, 0.3) is 0 Å². The quantitative estimate of drug-likeness (QED) is 0.669. The lowest BCUT2D eigenvalue weighted by Gasteiger charge is -2.20. The molecule has 1 rings (SSSR count). The van der Waals surface area contributed by atoms with E-state index >= 15 is 0 Å². The van der Waals surface area contributed by atoms with Crippen LogP contribution in [0.3, 0.4) is 0 Å². The van der Waals surface area contributed by atoms with Crippen LogP contribution in [0.15, 0.2) is 0 Å². The average molecular weight is 227 g/mol. The molecule has 1 heterocycles. The molecule has 16 heavy (non-hydrogen) atoms. The number of likely N-dealkylation sites (N-methyl/N-ethyl adjacent to an activating group) is 1. The Hall–Kier alpha value is -0.610. The molecule has 1 fully saturated rings. The summed E-state index contributed by atoms with van der Waals surface area (Å²) in [6.45, 7) is 9.24. The summed E-state index contributed by atoms with van der Waals surface area (Å²) in [6.07, 6.45) is 3.28. The Morgan fingerprint density at radius 3 is 2.81 bits per heavy atom. The van der Waals surface area contributed by atoms with Crippen molar-refractivity contribution < 1.29 is 4.79 Å². The fourth-order valence-electron chi connectivity index (χ4n) is 2.11. The molecule has 1 saturated heterocycles. The van der Waals surface area contributed by atoms with Crippen LogP contribution in [-0.2, 0) is 4.79 Å². The number of carbonyl (C=O) groups is 1. The number of carbonyl (C=O) groups excluding carboxylic acids is 1. The molecule has 0 aromatic rings. The van der Waals surface area contributed by atoms with Gasteiger partial charge in [-0.1, -0.05) is 13.8 Å². The molecule has 1 unspecified atom stereocenters. The van der Waals surface area contributed by atoms with Crippen LogP contribution in [-0.4, -0.2) is 49.6 Å². The first-order valence-corrected chi connectivity index (χ1v) is 6.51. The van der Waals surface area contributed by atoms with Crippen LogP contribution in [0.2, 0.25) is 0 Å². The first-order valence-electron chi connectivity index (χ1n) is 6.51. The molecule has 2 N–H and O–H groups in total. The van der Waals surface area contributed by atoms with Gasteiger partial charge in [-0.05, 0) is 38.9 Å². The molecule has 0 aromatic carbocycles. The van der Waals surface area contributed by atoms with E-state index in [1.807, 2.05) is 0 Å². The molecule has 0 aliphatic carbocycles. The summed E-state index contributed by atoms with van der Waals surface area (Å²) in [7, 11) is 0. The van der Waals surface area contributed by atoms with E-state index in [4.69, 9.17) is 0 Å². The van der Waals surface area contributed by atoms with Crippen LogP contribution >= 0.6 is 0 Å². The van der Waals surface area contributed by atoms with Crippen molar-refractivity contribution in [2.45, 2.75) is 39.2 Å². The average Bonchev–Trinajstić information content (AvgIpc) is 2.81. The maximum atomic E-state index is 11.7. The highest BCUT2D eigenvalue weighted by molar-refractivity contribution is 5.81. The molecule has 4 heteroatoms. The van der Waals surface area contributed by atoms with Gasteiger partial charge in [-0.25, -0.2) is 0 Å². The van der Waals surface area contributed by atoms with Gasteiger partial charge in [0.05, 0.1) is 6.04 Å². The monoisotopic (exact) mass is 227 g/mol. The molecule has 0 aromatic heterocycles. The first-order chi connectivity index (χ1) is 7.77. The topological polar surface area (TPSA) is 44.4 Å². The van der Waals surface area contributed by atoms with Crippen molar-refractivity contribution in [1.29, 1.82) is 0 Å². The lowest BCUT2D eigenvalue weighted by Crippen LogP contribution is -2.43. The second-order valence-corrected chi connectivity index (χ2v) is 4.37. The minimum atomic E-state index is 0.0567. The number of amides is 1. The van der Waals surface area contributed by atoms with E-state index in [2.05, 4.69) is 29.4 Å². The lowest BCUT2D eigenvalue weighted by molar-refractivity contribution is -0.122. The molecule has 1 aliphatic heterocycles. The van der Waals surface area contributed by atoms with Gasteiger partial charge in [0.1, 0.15) is 0 Å². The van der Waals surface area contributed by atoms with Crippen LogP contribution < -0.4 is 10.6 Å². The molecule has 4 nitrogen and oxygen atoms in total. The summed E-state index contributed by atoms with van der Waals surface area (Å²) in [5, 5.41) is 6.21. The van der Waals surface area contributed by atoms with E-state index < -0.39 is 0 Å². The van der Waals surface area contributed by atoms with E-state index in [1.165, 1.54) is 6.42 Å². The van der Waals surface area contributed by atoms with Crippen molar-refractivity contribution in [3.8, 4) is 0 Å². The molecule has 1 amide bonds. The first kappa shape index (κ1) is 13.5. The van der Waals surface area contributed by atoms with Crippen molar-refractivity contribution in [3.63, 3.8) is 0 Å². The molecule has 0 bridgehead atoms. The summed E-state index contributed by atoms with van der Waals surface area (Å²) in [5.41, 5.74) is 0. The van der Waals surface area contributed by atoms with Crippen LogP contribution in [0, 0.1) is 0 Å². The highest BCUT2D eigenvalue weighted by Crippen LogP contribution is 2.04. The molecule has 0 saturated carbocycles. The summed E-state index contributed by atoms with van der Waals surface area (Å²) < 4.78 is 0. The minimum absolute atomic E-state index is 0.0567. The fourth-order valence-corrected chi connectivity index (χ4v) is 2.11. The smallest absolute Gasteiger partial charge is 0.237 e. The Bertz CT molecular complexity index is 202. The molecule has 1 atom stereocenters. The van der Waals surface area contributed by atoms with Crippen molar-refractivity contribution in [1.82, 2.24) is 15.5 Å². The Morgan fingerprint density at radius 1 is 1.44 bits per heavy atom. The highest BCUT2D eigenvalue weighted by Gasteiger charge is 2.21. The minimum Gasteiger partial charge on any atom is -0.353 e. The number of rotatable bonds is 7. The SMILES string of the molecule is CCCN(CC)CCNC(=O)C1CCCN1. The molecular weight excluding hydrogens is 202 g/mol. The summed E-state index contributed by atoms with van der Waals surface area (Å²) in [4.78, 5) is 14.0. The van der Waals surface area contributed by atoms with Gasteiger partial charge >= 0.3 is 0 Å². The van der Waals surface area contributed by atoms with Gasteiger partial charge in [-0.3, -0.25) is 4.79 Å². The normalized spacial score (nSPS) is 20.3. The van der Waals surface area contributed by atoms with Gasteiger partial charge in [-0.15, -0.1) is 0 Å². The van der Waals surface area contributed by atoms with Gasteiger partial charge in [0.15, 0.2) is 0 Å². The summed E-state index contributed by atoms with van der Waals surface area (Å²) in [6, 6.07) is 0.0567. The van der Waals surface area contributed by atoms with Gasteiger partial charge < -0.3 is 15.5 Å². The zero-order valence-electron chi connectivity index (χ0n) is 10.6. The van der Waals surface area contributed by atoms with Crippen molar-refractivity contribution in [2.75, 3.05) is 32.7 Å². The molecule has 1 aliphatic rings. The lowest BCUT2D eigenvalue weighted by atomic mass is 10.2. The van der Waals surface area contributed by atoms with Gasteiger partial charge in [0.25, 0.3) is 0 Å². The standard InChI is InChI=1S/C12H25N3O/c1-3-9-15(4-2)10-8-14-12(16)11-6-5-7-13-11/h11,13H,3-10H2,1-2H3,(H,14,16). The van der Waals surface area contributed by atoms with E-state index in [0.29, 0.717) is 0 Å². The van der Waals surface area contributed by atoms with Crippen molar-refractivity contribution in [3.05, 3.63) is 0 Å². The third kappa shape index (κ3) is 4.49. The highest BCUT2D eigenvalue weighted by atomic mass is 16.2. The van der Waals surface area contributed by atoms with Gasteiger partial charge in [-0.2, -0.15) is 0 Å². The number of nitrogens with one attached hydrogen (secondary N) is 2. The zero-order valence-corrected chi connectivity index (χ0v) is 10.6. The molecular formula is C12H25N3O. The van der Waals surface area contributed by atoms with Crippen LogP contribution in [0.5, 0.6) is 0 Å². The number of hydrogen-bond donors (Lipinski definition) is 2. The Morgan fingerprint density at radius 2 is 2.25 bits per heavy atom. The van der Waals surface area contributed by atoms with Gasteiger partial charge in [0, 0.05) is 13.1 Å². The second kappa shape index (κ2) is 7.63. The Kier molecular flexibility index (Phi) is 6.42. The third-order valence-electron chi connectivity index (χ3n) is 3.09. The maximum Gasteiger partial charge on any atom is 0.237 e. The Balaban J connectivity index is 2.11. The van der Waals surface area contributed by atoms with Crippen molar-refractivity contribution >= 4 is 5.91 Å². The third-order valence-corrected chi connectivity index (χ3v) is 3.09. The number of hydrogen-bond acceptors (Lipinski definition) is 3. The largest absolute Gasteiger partial charge is 0.353 e. The van der Waals surface area contributed by atoms with Gasteiger partial charge in [0.2, 0.25) is 5.91 Å². The molecule has 94 valence electrons. The zero-order chi connectivity index (χ0) is 11.8. The predicted octanol–water partition coefficient (Wildman–Crippen LogP) is 0.587. The van der Waals surface area contributed by atoms with E-state index in [1.54, 1.807) is 0 Å². The van der Waals surface area contributed by atoms with E-state index in [9.17, 15) is 4.79 Å².